The van der Waals surface area contributed by atoms with E-state index in [2.05, 4.69) is 75.8 Å². The maximum Gasteiger partial charge on any atom is 1.00 e. The van der Waals surface area contributed by atoms with Gasteiger partial charge in [-0.25, -0.2) is 0 Å². The molecule has 2 rings (SSSR count). The Morgan fingerprint density at radius 3 is 1.19 bits per heavy atom. The molecule has 0 spiro atoms. The van der Waals surface area contributed by atoms with E-state index >= 15 is 0 Å². The maximum atomic E-state index is 6.81. The number of hydrogen-bond donors (Lipinski definition) is 0. The van der Waals surface area contributed by atoms with Crippen LogP contribution in [0.15, 0.2) is 0 Å². The van der Waals surface area contributed by atoms with E-state index in [1.165, 1.54) is 54.9 Å². The molecule has 0 radical (unpaired) electrons. The summed E-state index contributed by atoms with van der Waals surface area (Å²) in [5.41, 5.74) is 11.5. The van der Waals surface area contributed by atoms with Gasteiger partial charge in [-0.05, 0) is 13.8 Å². The molecule has 0 N–H and O–H groups in total. The first kappa shape index (κ1) is 26.1. The van der Waals surface area contributed by atoms with Crippen molar-refractivity contribution in [1.82, 2.24) is 0 Å². The zero-order chi connectivity index (χ0) is 18.6. The Bertz CT molecular complexity index is 672. The Morgan fingerprint density at radius 2 is 1.00 bits per heavy atom. The third kappa shape index (κ3) is 3.93. The molecule has 26 heavy (non-hydrogen) atoms. The molecule has 0 aliphatic rings. The Kier molecular flexibility index (Phi) is 9.07. The molecule has 0 heterocycles. The van der Waals surface area contributed by atoms with Gasteiger partial charge in [0.2, 0.25) is 0 Å². The summed E-state index contributed by atoms with van der Waals surface area (Å²) in [4.78, 5) is 0. The topological polar surface area (TPSA) is 9.23 Å². The predicted octanol–water partition coefficient (Wildman–Crippen LogP) is -1.29. The fraction of sp³-hybridized carbons (Fsp3) is 0.545. The molecule has 2 aromatic carbocycles. The fourth-order valence-electron chi connectivity index (χ4n) is 4.58. The van der Waals surface area contributed by atoms with E-state index in [1.54, 1.807) is 0 Å². The van der Waals surface area contributed by atoms with E-state index in [-0.39, 0.29) is 43.8 Å². The van der Waals surface area contributed by atoms with Gasteiger partial charge in [-0.15, -0.1) is 0 Å². The van der Waals surface area contributed by atoms with E-state index in [4.69, 9.17) is 4.43 Å². The SMILES string of the molecule is Cc1c([Si](C)(OC(C)C)c2c(C)c(C)[c-](C)c2C)c(C)[c-](C)c1C.[Li+].[Li+]. The molecule has 0 atom stereocenters. The summed E-state index contributed by atoms with van der Waals surface area (Å²) in [7, 11) is -2.26. The van der Waals surface area contributed by atoms with Gasteiger partial charge in [-0.1, -0.05) is 61.9 Å². The van der Waals surface area contributed by atoms with Crippen LogP contribution in [0.25, 0.3) is 0 Å². The van der Waals surface area contributed by atoms with Crippen LogP contribution < -0.4 is 48.1 Å². The van der Waals surface area contributed by atoms with Crippen molar-refractivity contribution in [2.24, 2.45) is 0 Å². The Balaban J connectivity index is 0.00000312. The van der Waals surface area contributed by atoms with Crippen molar-refractivity contribution in [2.45, 2.75) is 81.9 Å². The van der Waals surface area contributed by atoms with E-state index < -0.39 is 8.32 Å². The van der Waals surface area contributed by atoms with Crippen LogP contribution in [0.2, 0.25) is 6.55 Å². The molecule has 4 heteroatoms. The summed E-state index contributed by atoms with van der Waals surface area (Å²) in [6, 6.07) is 0. The van der Waals surface area contributed by atoms with Gasteiger partial charge in [-0.3, -0.25) is 0 Å². The van der Waals surface area contributed by atoms with Crippen LogP contribution in [-0.4, -0.2) is 14.4 Å². The predicted molar refractivity (Wildman–Crippen MR) is 109 cm³/mol. The fourth-order valence-corrected chi connectivity index (χ4v) is 9.62. The molecule has 0 aromatic heterocycles. The first-order valence-electron chi connectivity index (χ1n) is 9.09. The van der Waals surface area contributed by atoms with Crippen molar-refractivity contribution in [2.75, 3.05) is 0 Å². The molecule has 0 bridgehead atoms. The molecule has 0 fully saturated rings. The molecule has 1 nitrogen and oxygen atoms in total. The van der Waals surface area contributed by atoms with Crippen molar-refractivity contribution >= 4 is 18.7 Å². The second-order valence-electron chi connectivity index (χ2n) is 7.95. The largest absolute Gasteiger partial charge is 1.00 e. The minimum absolute atomic E-state index is 0. The van der Waals surface area contributed by atoms with Crippen LogP contribution in [0.5, 0.6) is 0 Å². The van der Waals surface area contributed by atoms with Gasteiger partial charge in [0.15, 0.2) is 0 Å². The molecule has 0 saturated carbocycles. The van der Waals surface area contributed by atoms with Gasteiger partial charge < -0.3 is 4.43 Å². The summed E-state index contributed by atoms with van der Waals surface area (Å²) in [6.07, 6.45) is 0.227. The minimum Gasteiger partial charge on any atom is -0.432 e. The van der Waals surface area contributed by atoms with E-state index in [0.29, 0.717) is 0 Å². The zero-order valence-electron chi connectivity index (χ0n) is 19.5. The molecule has 0 aliphatic carbocycles. The van der Waals surface area contributed by atoms with E-state index in [0.717, 1.165) is 0 Å². The number of hydrogen-bond acceptors (Lipinski definition) is 1. The minimum atomic E-state index is -2.26. The molecular formula is C22H34Li2OSi. The molecule has 2 aromatic rings. The van der Waals surface area contributed by atoms with Crippen LogP contribution in [0.3, 0.4) is 0 Å². The van der Waals surface area contributed by atoms with Crippen LogP contribution in [0.1, 0.15) is 58.4 Å². The van der Waals surface area contributed by atoms with Crippen molar-refractivity contribution in [1.29, 1.82) is 0 Å². The summed E-state index contributed by atoms with van der Waals surface area (Å²) >= 11 is 0. The molecule has 0 amide bonds. The molecular weight excluding hydrogens is 322 g/mol. The second-order valence-corrected chi connectivity index (χ2v) is 11.3. The average Bonchev–Trinajstić information content (AvgIpc) is 2.80. The third-order valence-electron chi connectivity index (χ3n) is 6.30. The van der Waals surface area contributed by atoms with Gasteiger partial charge >= 0.3 is 37.7 Å². The maximum absolute atomic E-state index is 6.81. The van der Waals surface area contributed by atoms with Gasteiger partial charge in [0, 0.05) is 6.10 Å². The standard InChI is InChI=1S/C22H34OSi.2Li/c1-12(2)23-24(11,21-17(7)13(3)14(4)18(21)8)22-19(9)15(5)16(6)20(22)10;;/h12H,1-11H3;;/q-2;2*+1. The Morgan fingerprint density at radius 1 is 0.692 bits per heavy atom. The van der Waals surface area contributed by atoms with Crippen molar-refractivity contribution in [3.8, 4) is 0 Å². The average molecular weight is 356 g/mol. The normalized spacial score (nSPS) is 11.5. The molecule has 0 aliphatic heterocycles. The van der Waals surface area contributed by atoms with Crippen molar-refractivity contribution < 1.29 is 42.1 Å². The molecule has 134 valence electrons. The molecule has 0 unspecified atom stereocenters. The second kappa shape index (κ2) is 9.05. The summed E-state index contributed by atoms with van der Waals surface area (Å²) in [5.74, 6) is 0. The summed E-state index contributed by atoms with van der Waals surface area (Å²) < 4.78 is 6.81. The summed E-state index contributed by atoms with van der Waals surface area (Å²) in [5, 5.41) is 3.00. The van der Waals surface area contributed by atoms with Crippen LogP contribution in [0.4, 0.5) is 0 Å². The monoisotopic (exact) mass is 356 g/mol. The quantitative estimate of drug-likeness (QED) is 0.490. The Labute approximate surface area is 186 Å². The Hall–Kier alpha value is 0.0717. The van der Waals surface area contributed by atoms with Gasteiger partial charge in [0.25, 0.3) is 0 Å². The first-order valence-corrected chi connectivity index (χ1v) is 11.5. The van der Waals surface area contributed by atoms with Crippen LogP contribution in [-0.2, 0) is 4.43 Å². The van der Waals surface area contributed by atoms with Gasteiger partial charge in [0.1, 0.15) is 8.32 Å². The van der Waals surface area contributed by atoms with Crippen LogP contribution in [0, 0.1) is 55.4 Å². The van der Waals surface area contributed by atoms with E-state index in [9.17, 15) is 0 Å². The number of rotatable bonds is 4. The van der Waals surface area contributed by atoms with Crippen molar-refractivity contribution in [3.63, 3.8) is 0 Å². The van der Waals surface area contributed by atoms with Gasteiger partial charge in [-0.2, -0.15) is 54.9 Å². The third-order valence-corrected chi connectivity index (χ3v) is 10.7. The first-order chi connectivity index (χ1) is 10.9. The van der Waals surface area contributed by atoms with Crippen LogP contribution >= 0.6 is 0 Å². The smallest absolute Gasteiger partial charge is 0.432 e. The van der Waals surface area contributed by atoms with E-state index in [1.807, 2.05) is 0 Å². The summed E-state index contributed by atoms with van der Waals surface area (Å²) in [6.45, 7) is 24.9. The zero-order valence-corrected chi connectivity index (χ0v) is 20.5. The molecule has 0 saturated heterocycles. The van der Waals surface area contributed by atoms with Gasteiger partial charge in [0.05, 0.1) is 0 Å². The van der Waals surface area contributed by atoms with Crippen molar-refractivity contribution in [3.05, 3.63) is 44.5 Å².